The van der Waals surface area contributed by atoms with Crippen molar-refractivity contribution in [3.63, 3.8) is 0 Å². The lowest BCUT2D eigenvalue weighted by Gasteiger charge is -2.14. The average molecular weight is 258 g/mol. The highest BCUT2D eigenvalue weighted by molar-refractivity contribution is 5.83. The lowest BCUT2D eigenvalue weighted by molar-refractivity contribution is -0.142. The predicted octanol–water partition coefficient (Wildman–Crippen LogP) is 1.52. The van der Waals surface area contributed by atoms with Crippen LogP contribution in [0.3, 0.4) is 0 Å². The largest absolute Gasteiger partial charge is 0.480 e. The van der Waals surface area contributed by atoms with Crippen LogP contribution >= 0.6 is 0 Å². The zero-order valence-electron chi connectivity index (χ0n) is 11.7. The number of hydrogen-bond donors (Lipinski definition) is 3. The van der Waals surface area contributed by atoms with Gasteiger partial charge in [0.25, 0.3) is 0 Å². The SMILES string of the molecule is CCCCC(NC(=O)CCCNC(C)C)C(=O)O. The van der Waals surface area contributed by atoms with E-state index in [9.17, 15) is 9.59 Å². The Morgan fingerprint density at radius 1 is 1.22 bits per heavy atom. The molecular weight excluding hydrogens is 232 g/mol. The summed E-state index contributed by atoms with van der Waals surface area (Å²) in [7, 11) is 0. The van der Waals surface area contributed by atoms with Crippen LogP contribution in [0.1, 0.15) is 52.9 Å². The Bertz CT molecular complexity index is 255. The van der Waals surface area contributed by atoms with Crippen molar-refractivity contribution in [1.29, 1.82) is 0 Å². The highest BCUT2D eigenvalue weighted by atomic mass is 16.4. The summed E-state index contributed by atoms with van der Waals surface area (Å²) in [5.74, 6) is -1.12. The van der Waals surface area contributed by atoms with Crippen molar-refractivity contribution < 1.29 is 14.7 Å². The van der Waals surface area contributed by atoms with Crippen molar-refractivity contribution in [1.82, 2.24) is 10.6 Å². The van der Waals surface area contributed by atoms with Gasteiger partial charge in [0.1, 0.15) is 6.04 Å². The summed E-state index contributed by atoms with van der Waals surface area (Å²) in [6.07, 6.45) is 3.34. The number of rotatable bonds is 10. The number of unbranched alkanes of at least 4 members (excludes halogenated alkanes) is 1. The van der Waals surface area contributed by atoms with E-state index in [1.807, 2.05) is 20.8 Å². The summed E-state index contributed by atoms with van der Waals surface area (Å²) in [4.78, 5) is 22.5. The number of carbonyl (C=O) groups is 2. The number of nitrogens with one attached hydrogen (secondary N) is 2. The first-order valence-electron chi connectivity index (χ1n) is 6.73. The smallest absolute Gasteiger partial charge is 0.326 e. The van der Waals surface area contributed by atoms with Gasteiger partial charge in [0.15, 0.2) is 0 Å². The highest BCUT2D eigenvalue weighted by Gasteiger charge is 2.18. The molecule has 18 heavy (non-hydrogen) atoms. The van der Waals surface area contributed by atoms with Gasteiger partial charge in [-0.15, -0.1) is 0 Å². The molecule has 1 amide bonds. The average Bonchev–Trinajstić information content (AvgIpc) is 2.29. The summed E-state index contributed by atoms with van der Waals surface area (Å²) >= 11 is 0. The van der Waals surface area contributed by atoms with Crippen molar-refractivity contribution in [2.75, 3.05) is 6.54 Å². The third kappa shape index (κ3) is 8.98. The number of carbonyl (C=O) groups excluding carboxylic acids is 1. The molecule has 0 rings (SSSR count). The second-order valence-corrected chi connectivity index (χ2v) is 4.81. The van der Waals surface area contributed by atoms with E-state index in [1.165, 1.54) is 0 Å². The maximum atomic E-state index is 11.6. The number of carboxylic acid groups (broad SMARTS) is 1. The first-order valence-corrected chi connectivity index (χ1v) is 6.73. The Morgan fingerprint density at radius 2 is 1.89 bits per heavy atom. The molecule has 0 spiro atoms. The summed E-state index contributed by atoms with van der Waals surface area (Å²) < 4.78 is 0. The predicted molar refractivity (Wildman–Crippen MR) is 71.5 cm³/mol. The van der Waals surface area contributed by atoms with Crippen LogP contribution in [-0.4, -0.2) is 35.6 Å². The van der Waals surface area contributed by atoms with Gasteiger partial charge in [0.05, 0.1) is 0 Å². The summed E-state index contributed by atoms with van der Waals surface area (Å²) in [6, 6.07) is -0.333. The molecule has 0 bridgehead atoms. The van der Waals surface area contributed by atoms with Crippen LogP contribution in [0.5, 0.6) is 0 Å². The fourth-order valence-electron chi connectivity index (χ4n) is 1.57. The minimum Gasteiger partial charge on any atom is -0.480 e. The number of amides is 1. The van der Waals surface area contributed by atoms with Crippen LogP contribution < -0.4 is 10.6 Å². The fourth-order valence-corrected chi connectivity index (χ4v) is 1.57. The van der Waals surface area contributed by atoms with Gasteiger partial charge in [-0.3, -0.25) is 4.79 Å². The zero-order chi connectivity index (χ0) is 14.0. The summed E-state index contributed by atoms with van der Waals surface area (Å²) in [5.41, 5.74) is 0. The van der Waals surface area contributed by atoms with Gasteiger partial charge in [0, 0.05) is 12.5 Å². The first kappa shape index (κ1) is 16.9. The lowest BCUT2D eigenvalue weighted by Crippen LogP contribution is -2.40. The minimum absolute atomic E-state index is 0.177. The molecule has 0 heterocycles. The Hall–Kier alpha value is -1.10. The number of carboxylic acids is 1. The summed E-state index contributed by atoms with van der Waals surface area (Å²) in [5, 5.41) is 14.8. The second-order valence-electron chi connectivity index (χ2n) is 4.81. The molecule has 1 atom stereocenters. The Balaban J connectivity index is 3.84. The van der Waals surface area contributed by atoms with Crippen LogP contribution in [0.4, 0.5) is 0 Å². The third-order valence-electron chi connectivity index (χ3n) is 2.61. The lowest BCUT2D eigenvalue weighted by atomic mass is 10.1. The molecule has 0 aromatic carbocycles. The Morgan fingerprint density at radius 3 is 2.39 bits per heavy atom. The molecule has 106 valence electrons. The van der Waals surface area contributed by atoms with E-state index in [1.54, 1.807) is 0 Å². The number of hydrogen-bond acceptors (Lipinski definition) is 3. The topological polar surface area (TPSA) is 78.4 Å². The Labute approximate surface area is 109 Å². The number of aliphatic carboxylic acids is 1. The highest BCUT2D eigenvalue weighted by Crippen LogP contribution is 2.01. The van der Waals surface area contributed by atoms with Crippen molar-refractivity contribution in [2.45, 2.75) is 65.0 Å². The van der Waals surface area contributed by atoms with E-state index < -0.39 is 12.0 Å². The monoisotopic (exact) mass is 258 g/mol. The molecule has 5 heteroatoms. The van der Waals surface area contributed by atoms with Crippen LogP contribution in [0.25, 0.3) is 0 Å². The second kappa shape index (κ2) is 9.88. The van der Waals surface area contributed by atoms with E-state index in [-0.39, 0.29) is 5.91 Å². The standard InChI is InChI=1S/C13H26N2O3/c1-4-5-7-11(13(17)18)15-12(16)8-6-9-14-10(2)3/h10-11,14H,4-9H2,1-3H3,(H,15,16)(H,17,18). The molecule has 0 aliphatic heterocycles. The van der Waals surface area contributed by atoms with Gasteiger partial charge in [-0.2, -0.15) is 0 Å². The molecule has 0 aliphatic carbocycles. The molecule has 0 saturated carbocycles. The molecule has 0 aromatic heterocycles. The van der Waals surface area contributed by atoms with Gasteiger partial charge in [-0.05, 0) is 19.4 Å². The molecule has 5 nitrogen and oxygen atoms in total. The van der Waals surface area contributed by atoms with E-state index in [0.29, 0.717) is 18.9 Å². The Kier molecular flexibility index (Phi) is 9.28. The maximum Gasteiger partial charge on any atom is 0.326 e. The van der Waals surface area contributed by atoms with Gasteiger partial charge in [0.2, 0.25) is 5.91 Å². The van der Waals surface area contributed by atoms with Gasteiger partial charge >= 0.3 is 5.97 Å². The van der Waals surface area contributed by atoms with Crippen molar-refractivity contribution in [2.24, 2.45) is 0 Å². The molecule has 0 aromatic rings. The molecule has 3 N–H and O–H groups in total. The quantitative estimate of drug-likeness (QED) is 0.519. The molecule has 0 saturated heterocycles. The molecule has 1 unspecified atom stereocenters. The molecule has 0 aliphatic rings. The zero-order valence-corrected chi connectivity index (χ0v) is 11.7. The van der Waals surface area contributed by atoms with Gasteiger partial charge in [-0.1, -0.05) is 33.6 Å². The molecule has 0 radical (unpaired) electrons. The van der Waals surface area contributed by atoms with E-state index in [0.717, 1.165) is 25.8 Å². The maximum absolute atomic E-state index is 11.6. The van der Waals surface area contributed by atoms with Crippen molar-refractivity contribution >= 4 is 11.9 Å². The van der Waals surface area contributed by atoms with Crippen LogP contribution in [0, 0.1) is 0 Å². The first-order chi connectivity index (χ1) is 8.47. The fraction of sp³-hybridized carbons (Fsp3) is 0.846. The van der Waals surface area contributed by atoms with Crippen LogP contribution in [-0.2, 0) is 9.59 Å². The normalized spacial score (nSPS) is 12.4. The van der Waals surface area contributed by atoms with Gasteiger partial charge < -0.3 is 15.7 Å². The van der Waals surface area contributed by atoms with Crippen LogP contribution in [0.2, 0.25) is 0 Å². The van der Waals surface area contributed by atoms with Gasteiger partial charge in [-0.25, -0.2) is 4.79 Å². The van der Waals surface area contributed by atoms with E-state index in [4.69, 9.17) is 5.11 Å². The summed E-state index contributed by atoms with van der Waals surface area (Å²) in [6.45, 7) is 6.87. The van der Waals surface area contributed by atoms with E-state index >= 15 is 0 Å². The molecular formula is C13H26N2O3. The van der Waals surface area contributed by atoms with Crippen molar-refractivity contribution in [3.8, 4) is 0 Å². The third-order valence-corrected chi connectivity index (χ3v) is 2.61. The van der Waals surface area contributed by atoms with Crippen LogP contribution in [0.15, 0.2) is 0 Å². The van der Waals surface area contributed by atoms with E-state index in [2.05, 4.69) is 10.6 Å². The van der Waals surface area contributed by atoms with Crippen molar-refractivity contribution in [3.05, 3.63) is 0 Å². The minimum atomic E-state index is -0.947. The molecule has 0 fully saturated rings.